The quantitative estimate of drug-likeness (QED) is 0.0168. The van der Waals surface area contributed by atoms with Gasteiger partial charge in [-0.2, -0.15) is 0 Å². The van der Waals surface area contributed by atoms with Gasteiger partial charge >= 0.3 is 19.8 Å². The van der Waals surface area contributed by atoms with Crippen LogP contribution in [-0.4, -0.2) is 98.3 Å². The van der Waals surface area contributed by atoms with Crippen LogP contribution in [0.3, 0.4) is 0 Å². The third-order valence-electron chi connectivity index (χ3n) is 9.42. The summed E-state index contributed by atoms with van der Waals surface area (Å²) >= 11 is 0. The second-order valence-corrected chi connectivity index (χ2v) is 15.9. The minimum atomic E-state index is -5.12. The molecule has 0 spiro atoms. The number of allylic oxidation sites excluding steroid dienone is 8. The van der Waals surface area contributed by atoms with Gasteiger partial charge in [-0.25, -0.2) is 4.57 Å². The van der Waals surface area contributed by atoms with Crippen LogP contribution >= 0.6 is 7.82 Å². The minimum Gasteiger partial charge on any atom is -0.462 e. The predicted octanol–water partition coefficient (Wildman–Crippen LogP) is 7.22. The van der Waals surface area contributed by atoms with Gasteiger partial charge < -0.3 is 39.9 Å². The number of aliphatic hydroxyl groups is 5. The average Bonchev–Trinajstić information content (AvgIpc) is 3.18. The highest BCUT2D eigenvalue weighted by Gasteiger charge is 2.51. The normalized spacial score (nSPS) is 23.4. The van der Waals surface area contributed by atoms with Crippen LogP contribution < -0.4 is 0 Å². The number of hydrogen-bond acceptors (Lipinski definition) is 12. The molecule has 1 saturated carbocycles. The van der Waals surface area contributed by atoms with Crippen LogP contribution in [0.25, 0.3) is 0 Å². The van der Waals surface area contributed by atoms with Crippen molar-refractivity contribution in [3.8, 4) is 0 Å². The number of aliphatic hydroxyl groups excluding tert-OH is 5. The zero-order valence-electron chi connectivity index (χ0n) is 33.9. The number of phosphoric ester groups is 1. The zero-order valence-corrected chi connectivity index (χ0v) is 34.8. The first kappa shape index (κ1) is 51.8. The van der Waals surface area contributed by atoms with Crippen molar-refractivity contribution in [2.45, 2.75) is 191 Å². The van der Waals surface area contributed by atoms with Gasteiger partial charge in [0.2, 0.25) is 0 Å². The Morgan fingerprint density at radius 1 is 0.554 bits per heavy atom. The number of carbonyl (C=O) groups is 2. The van der Waals surface area contributed by atoms with Gasteiger partial charge in [-0.1, -0.05) is 133 Å². The van der Waals surface area contributed by atoms with Crippen LogP contribution in [0, 0.1) is 0 Å². The molecule has 13 nitrogen and oxygen atoms in total. The van der Waals surface area contributed by atoms with Gasteiger partial charge in [-0.15, -0.1) is 0 Å². The largest absolute Gasteiger partial charge is 0.472 e. The topological polar surface area (TPSA) is 210 Å². The SMILES string of the molecule is CCCCC/C=C\C/C=C\C/C=C\C/C=C\CCCC(=O)OC[C@H](COP(=O)(O)OC1C(O)C(O)C(O)[C@@H](O)C1O)OC(=O)CCCCCCCCCCCC. The fraction of sp³-hybridized carbons (Fsp3) is 0.762. The first-order chi connectivity index (χ1) is 26.9. The molecule has 0 amide bonds. The molecule has 0 aromatic rings. The third-order valence-corrected chi connectivity index (χ3v) is 10.4. The smallest absolute Gasteiger partial charge is 0.462 e. The van der Waals surface area contributed by atoms with E-state index in [-0.39, 0.29) is 12.8 Å². The summed E-state index contributed by atoms with van der Waals surface area (Å²) in [5, 5.41) is 50.0. The molecule has 0 heterocycles. The fourth-order valence-electron chi connectivity index (χ4n) is 5.98. The van der Waals surface area contributed by atoms with E-state index in [1.165, 1.54) is 51.4 Å². The Kier molecular flexibility index (Phi) is 30.3. The Morgan fingerprint density at radius 2 is 0.982 bits per heavy atom. The van der Waals surface area contributed by atoms with Crippen molar-refractivity contribution < 1.29 is 63.1 Å². The number of rotatable bonds is 33. The molecular weight excluding hydrogens is 743 g/mol. The molecule has 1 aliphatic rings. The van der Waals surface area contributed by atoms with Gasteiger partial charge in [-0.05, 0) is 51.4 Å². The van der Waals surface area contributed by atoms with E-state index in [2.05, 4.69) is 50.3 Å². The molecule has 0 bridgehead atoms. The molecule has 1 fully saturated rings. The number of hydrogen-bond donors (Lipinski definition) is 6. The highest BCUT2D eigenvalue weighted by atomic mass is 31.2. The molecule has 0 aromatic heterocycles. The van der Waals surface area contributed by atoms with Crippen molar-refractivity contribution in [2.24, 2.45) is 0 Å². The van der Waals surface area contributed by atoms with Crippen LogP contribution in [0.1, 0.15) is 149 Å². The molecule has 0 radical (unpaired) electrons. The lowest BCUT2D eigenvalue weighted by Crippen LogP contribution is -2.64. The summed E-state index contributed by atoms with van der Waals surface area (Å²) < 4.78 is 33.3. The van der Waals surface area contributed by atoms with E-state index in [1.54, 1.807) is 0 Å². The second kappa shape index (κ2) is 32.7. The standard InChI is InChI=1S/C42H73O13P/c1-3-5-7-9-11-13-15-16-17-18-19-20-21-23-24-26-28-30-35(43)52-32-34(54-36(44)31-29-27-25-22-14-12-10-8-6-4-2)33-53-56(50,51)55-42-40(48)38(46)37(45)39(47)41(42)49/h11,13,16-17,19-20,23-24,34,37-42,45-49H,3-10,12,14-15,18,21-22,25-33H2,1-2H3,(H,50,51)/b13-11-,17-16-,20-19-,24-23-/t34-,37?,38-,39?,40?,41?,42?/m1/s1. The molecule has 8 atom stereocenters. The monoisotopic (exact) mass is 816 g/mol. The fourth-order valence-corrected chi connectivity index (χ4v) is 6.96. The highest BCUT2D eigenvalue weighted by Crippen LogP contribution is 2.47. The first-order valence-corrected chi connectivity index (χ1v) is 22.4. The summed E-state index contributed by atoms with van der Waals surface area (Å²) in [4.78, 5) is 35.5. The summed E-state index contributed by atoms with van der Waals surface area (Å²) in [6.45, 7) is 3.18. The molecule has 0 aliphatic heterocycles. The van der Waals surface area contributed by atoms with Gasteiger partial charge in [0.05, 0.1) is 6.61 Å². The van der Waals surface area contributed by atoms with Crippen molar-refractivity contribution in [2.75, 3.05) is 13.2 Å². The predicted molar refractivity (Wildman–Crippen MR) is 216 cm³/mol. The van der Waals surface area contributed by atoms with E-state index in [4.69, 9.17) is 18.5 Å². The van der Waals surface area contributed by atoms with Crippen LogP contribution in [0.5, 0.6) is 0 Å². The average molecular weight is 817 g/mol. The molecule has 0 saturated heterocycles. The Morgan fingerprint density at radius 3 is 1.52 bits per heavy atom. The molecule has 6 N–H and O–H groups in total. The molecule has 0 aromatic carbocycles. The van der Waals surface area contributed by atoms with Crippen LogP contribution in [0.4, 0.5) is 0 Å². The summed E-state index contributed by atoms with van der Waals surface area (Å²) in [6.07, 6.45) is 23.3. The second-order valence-electron chi connectivity index (χ2n) is 14.5. The van der Waals surface area contributed by atoms with Crippen LogP contribution in [0.15, 0.2) is 48.6 Å². The lowest BCUT2D eigenvalue weighted by atomic mass is 9.85. The molecule has 6 unspecified atom stereocenters. The summed E-state index contributed by atoms with van der Waals surface area (Å²) in [5.41, 5.74) is 0. The number of esters is 2. The van der Waals surface area contributed by atoms with Gasteiger partial charge in [-0.3, -0.25) is 18.6 Å². The number of carbonyl (C=O) groups excluding carboxylic acids is 2. The van der Waals surface area contributed by atoms with E-state index < -0.39 is 75.7 Å². The van der Waals surface area contributed by atoms with E-state index >= 15 is 0 Å². The molecule has 1 aliphatic carbocycles. The molecule has 56 heavy (non-hydrogen) atoms. The lowest BCUT2D eigenvalue weighted by molar-refractivity contribution is -0.220. The highest BCUT2D eigenvalue weighted by molar-refractivity contribution is 7.47. The van der Waals surface area contributed by atoms with Crippen LogP contribution in [0.2, 0.25) is 0 Å². The van der Waals surface area contributed by atoms with Gasteiger partial charge in [0.25, 0.3) is 0 Å². The van der Waals surface area contributed by atoms with E-state index in [0.29, 0.717) is 19.3 Å². The van der Waals surface area contributed by atoms with Gasteiger partial charge in [0.1, 0.15) is 43.2 Å². The minimum absolute atomic E-state index is 0.0852. The first-order valence-electron chi connectivity index (χ1n) is 20.9. The Labute approximate surface area is 335 Å². The van der Waals surface area contributed by atoms with Crippen molar-refractivity contribution in [1.29, 1.82) is 0 Å². The van der Waals surface area contributed by atoms with Crippen molar-refractivity contribution >= 4 is 19.8 Å². The maximum atomic E-state index is 12.8. The number of unbranched alkanes of at least 4 members (excludes halogenated alkanes) is 13. The van der Waals surface area contributed by atoms with Crippen molar-refractivity contribution in [3.63, 3.8) is 0 Å². The number of phosphoric acid groups is 1. The maximum Gasteiger partial charge on any atom is 0.472 e. The summed E-state index contributed by atoms with van der Waals surface area (Å²) in [7, 11) is -5.12. The summed E-state index contributed by atoms with van der Waals surface area (Å²) in [5.74, 6) is -1.17. The molecule has 1 rings (SSSR count). The Balaban J connectivity index is 2.53. The Bertz CT molecular complexity index is 1170. The van der Waals surface area contributed by atoms with Crippen LogP contribution in [-0.2, 0) is 32.7 Å². The lowest BCUT2D eigenvalue weighted by Gasteiger charge is -2.41. The van der Waals surface area contributed by atoms with Crippen molar-refractivity contribution in [1.82, 2.24) is 0 Å². The summed E-state index contributed by atoms with van der Waals surface area (Å²) in [6, 6.07) is 0. The van der Waals surface area contributed by atoms with E-state index in [1.807, 2.05) is 12.2 Å². The van der Waals surface area contributed by atoms with E-state index in [9.17, 15) is 44.6 Å². The Hall–Kier alpha value is -2.19. The molecule has 324 valence electrons. The van der Waals surface area contributed by atoms with E-state index in [0.717, 1.165) is 51.4 Å². The maximum absolute atomic E-state index is 12.8. The van der Waals surface area contributed by atoms with Crippen molar-refractivity contribution in [3.05, 3.63) is 48.6 Å². The number of ether oxygens (including phenoxy) is 2. The third kappa shape index (κ3) is 25.2. The molecule has 14 heteroatoms. The van der Waals surface area contributed by atoms with Gasteiger partial charge in [0, 0.05) is 12.8 Å². The molecular formula is C42H73O13P. The van der Waals surface area contributed by atoms with Gasteiger partial charge in [0.15, 0.2) is 6.10 Å². The zero-order chi connectivity index (χ0) is 41.4.